The van der Waals surface area contributed by atoms with Crippen LogP contribution in [0.5, 0.6) is 0 Å². The fourth-order valence-corrected chi connectivity index (χ4v) is 2.68. The molecule has 0 aliphatic heterocycles. The van der Waals surface area contributed by atoms with Crippen LogP contribution in [0.2, 0.25) is 0 Å². The van der Waals surface area contributed by atoms with E-state index in [1.807, 2.05) is 0 Å². The summed E-state index contributed by atoms with van der Waals surface area (Å²) in [6.07, 6.45) is -0.764. The van der Waals surface area contributed by atoms with Crippen LogP contribution in [-0.4, -0.2) is 40.7 Å². The van der Waals surface area contributed by atoms with E-state index >= 15 is 0 Å². The van der Waals surface area contributed by atoms with E-state index in [9.17, 15) is 19.5 Å². The fraction of sp³-hybridized carbons (Fsp3) is 0.273. The number of carboxylic acids is 1. The second-order valence-electron chi connectivity index (χ2n) is 7.98. The second-order valence-corrected chi connectivity index (χ2v) is 7.98. The third-order valence-electron chi connectivity index (χ3n) is 4.01. The standard InChI is InChI=1S/C22H27N5O5/c1-22(2,3)32-21(31)27-17(19(29)30)11-13-7-9-15(10-8-13)25-18(28)14-5-4-6-16(12-14)26-20(23)24/h4-10,12,17H,11H2,1-3H3,(H,25,28)(H,27,31)(H,29,30)(H4,23,24,26)/t17-/m1/s1. The first-order valence-electron chi connectivity index (χ1n) is 9.75. The molecule has 170 valence electrons. The monoisotopic (exact) mass is 441 g/mol. The maximum Gasteiger partial charge on any atom is 0.408 e. The Morgan fingerprint density at radius 1 is 1.09 bits per heavy atom. The van der Waals surface area contributed by atoms with Crippen LogP contribution in [-0.2, 0) is 16.0 Å². The molecule has 0 spiro atoms. The van der Waals surface area contributed by atoms with Crippen LogP contribution in [0.4, 0.5) is 16.2 Å². The van der Waals surface area contributed by atoms with Gasteiger partial charge in [0.1, 0.15) is 11.6 Å². The summed E-state index contributed by atoms with van der Waals surface area (Å²) in [5, 5.41) is 14.5. The average molecular weight is 441 g/mol. The molecule has 0 aliphatic carbocycles. The lowest BCUT2D eigenvalue weighted by molar-refractivity contribution is -0.139. The molecule has 1 atom stereocenters. The number of amides is 2. The lowest BCUT2D eigenvalue weighted by Gasteiger charge is -2.22. The number of guanidine groups is 1. The van der Waals surface area contributed by atoms with Gasteiger partial charge in [0.15, 0.2) is 5.96 Å². The molecule has 0 aliphatic rings. The predicted molar refractivity (Wildman–Crippen MR) is 121 cm³/mol. The number of anilines is 1. The van der Waals surface area contributed by atoms with Gasteiger partial charge in [-0.15, -0.1) is 0 Å². The normalized spacial score (nSPS) is 11.7. The average Bonchev–Trinajstić information content (AvgIpc) is 2.67. The van der Waals surface area contributed by atoms with Crippen LogP contribution in [0.25, 0.3) is 0 Å². The van der Waals surface area contributed by atoms with Gasteiger partial charge >= 0.3 is 12.1 Å². The molecule has 0 fully saturated rings. The molecule has 2 amide bonds. The Bertz CT molecular complexity index is 1010. The number of hydrogen-bond acceptors (Lipinski definition) is 5. The highest BCUT2D eigenvalue weighted by Gasteiger charge is 2.24. The number of nitrogens with two attached hydrogens (primary N) is 2. The topological polar surface area (TPSA) is 169 Å². The largest absolute Gasteiger partial charge is 0.480 e. The summed E-state index contributed by atoms with van der Waals surface area (Å²) >= 11 is 0. The Morgan fingerprint density at radius 2 is 1.75 bits per heavy atom. The summed E-state index contributed by atoms with van der Waals surface area (Å²) in [6, 6.07) is 11.9. The summed E-state index contributed by atoms with van der Waals surface area (Å²) in [4.78, 5) is 39.8. The molecule has 32 heavy (non-hydrogen) atoms. The van der Waals surface area contributed by atoms with Gasteiger partial charge in [0.2, 0.25) is 0 Å². The molecule has 0 aromatic heterocycles. The molecule has 2 aromatic rings. The van der Waals surface area contributed by atoms with Gasteiger partial charge in [-0.3, -0.25) is 4.79 Å². The highest BCUT2D eigenvalue weighted by Crippen LogP contribution is 2.17. The summed E-state index contributed by atoms with van der Waals surface area (Å²) in [5.41, 5.74) is 12.0. The Morgan fingerprint density at radius 3 is 2.31 bits per heavy atom. The second kappa shape index (κ2) is 10.3. The molecule has 7 N–H and O–H groups in total. The van der Waals surface area contributed by atoms with Gasteiger partial charge in [0, 0.05) is 17.7 Å². The Labute approximate surface area is 185 Å². The van der Waals surface area contributed by atoms with E-state index in [0.717, 1.165) is 0 Å². The maximum atomic E-state index is 12.5. The van der Waals surface area contributed by atoms with E-state index in [1.54, 1.807) is 69.3 Å². The Hall–Kier alpha value is -4.08. The lowest BCUT2D eigenvalue weighted by atomic mass is 10.1. The summed E-state index contributed by atoms with van der Waals surface area (Å²) < 4.78 is 5.11. The van der Waals surface area contributed by atoms with Crippen molar-refractivity contribution < 1.29 is 24.2 Å². The Balaban J connectivity index is 2.02. The van der Waals surface area contributed by atoms with Gasteiger partial charge < -0.3 is 31.9 Å². The minimum absolute atomic E-state index is 0.0450. The summed E-state index contributed by atoms with van der Waals surface area (Å²) in [5.74, 6) is -1.66. The third-order valence-corrected chi connectivity index (χ3v) is 4.01. The Kier molecular flexibility index (Phi) is 7.78. The zero-order valence-electron chi connectivity index (χ0n) is 18.1. The lowest BCUT2D eigenvalue weighted by Crippen LogP contribution is -2.44. The maximum absolute atomic E-state index is 12.5. The molecule has 2 aromatic carbocycles. The number of carboxylic acid groups (broad SMARTS) is 1. The summed E-state index contributed by atoms with van der Waals surface area (Å²) in [6.45, 7) is 5.06. The van der Waals surface area contributed by atoms with Crippen molar-refractivity contribution in [3.05, 3.63) is 59.7 Å². The molecule has 0 bridgehead atoms. The SMILES string of the molecule is CC(C)(C)OC(=O)N[C@H](Cc1ccc(NC(=O)c2cccc(N=C(N)N)c2)cc1)C(=O)O. The van der Waals surface area contributed by atoms with Crippen molar-refractivity contribution in [2.45, 2.75) is 38.8 Å². The van der Waals surface area contributed by atoms with E-state index in [0.29, 0.717) is 22.5 Å². The number of hydrogen-bond donors (Lipinski definition) is 5. The molecule has 10 nitrogen and oxygen atoms in total. The summed E-state index contributed by atoms with van der Waals surface area (Å²) in [7, 11) is 0. The first-order chi connectivity index (χ1) is 14.9. The number of aliphatic imine (C=N–C) groups is 1. The van der Waals surface area contributed by atoms with Gasteiger partial charge in [-0.05, 0) is 56.7 Å². The molecule has 10 heteroatoms. The molecule has 2 rings (SSSR count). The smallest absolute Gasteiger partial charge is 0.408 e. The number of alkyl carbamates (subject to hydrolysis) is 1. The van der Waals surface area contributed by atoms with Crippen LogP contribution in [0.3, 0.4) is 0 Å². The van der Waals surface area contributed by atoms with Crippen molar-refractivity contribution in [1.29, 1.82) is 0 Å². The van der Waals surface area contributed by atoms with Crippen LogP contribution in [0.15, 0.2) is 53.5 Å². The van der Waals surface area contributed by atoms with Crippen LogP contribution >= 0.6 is 0 Å². The van der Waals surface area contributed by atoms with E-state index in [-0.39, 0.29) is 18.3 Å². The third kappa shape index (κ3) is 7.98. The number of nitrogens with zero attached hydrogens (tertiary/aromatic N) is 1. The zero-order valence-corrected chi connectivity index (χ0v) is 18.1. The van der Waals surface area contributed by atoms with Crippen molar-refractivity contribution in [2.24, 2.45) is 16.5 Å². The first kappa shape index (κ1) is 24.2. The van der Waals surface area contributed by atoms with Crippen molar-refractivity contribution in [3.8, 4) is 0 Å². The van der Waals surface area contributed by atoms with E-state index in [1.165, 1.54) is 0 Å². The molecule has 0 unspecified atom stereocenters. The molecule has 0 saturated carbocycles. The van der Waals surface area contributed by atoms with Gasteiger partial charge in [-0.1, -0.05) is 18.2 Å². The highest BCUT2D eigenvalue weighted by atomic mass is 16.6. The number of ether oxygens (including phenoxy) is 1. The van der Waals surface area contributed by atoms with Crippen molar-refractivity contribution >= 4 is 35.3 Å². The number of carbonyl (C=O) groups excluding carboxylic acids is 2. The highest BCUT2D eigenvalue weighted by molar-refractivity contribution is 6.04. The van der Waals surface area contributed by atoms with Crippen LogP contribution in [0, 0.1) is 0 Å². The van der Waals surface area contributed by atoms with E-state index < -0.39 is 23.7 Å². The number of aliphatic carboxylic acids is 1. The van der Waals surface area contributed by atoms with Gasteiger partial charge in [-0.25, -0.2) is 14.6 Å². The molecule has 0 saturated heterocycles. The minimum Gasteiger partial charge on any atom is -0.480 e. The molecular weight excluding hydrogens is 414 g/mol. The van der Waals surface area contributed by atoms with Crippen LogP contribution in [0.1, 0.15) is 36.7 Å². The van der Waals surface area contributed by atoms with Gasteiger partial charge in [-0.2, -0.15) is 0 Å². The van der Waals surface area contributed by atoms with Gasteiger partial charge in [0.05, 0.1) is 5.69 Å². The number of benzene rings is 2. The molecule has 0 heterocycles. The zero-order chi connectivity index (χ0) is 23.9. The predicted octanol–water partition coefficient (Wildman–Crippen LogP) is 2.36. The number of rotatable bonds is 7. The molecule has 0 radical (unpaired) electrons. The number of carbonyl (C=O) groups is 3. The van der Waals surface area contributed by atoms with Crippen molar-refractivity contribution in [1.82, 2.24) is 5.32 Å². The van der Waals surface area contributed by atoms with Crippen molar-refractivity contribution in [2.75, 3.05) is 5.32 Å². The number of nitrogens with one attached hydrogen (secondary N) is 2. The van der Waals surface area contributed by atoms with Gasteiger partial charge in [0.25, 0.3) is 5.91 Å². The fourth-order valence-electron chi connectivity index (χ4n) is 2.68. The molecular formula is C22H27N5O5. The van der Waals surface area contributed by atoms with E-state index in [4.69, 9.17) is 16.2 Å². The first-order valence-corrected chi connectivity index (χ1v) is 9.75. The quantitative estimate of drug-likeness (QED) is 0.324. The minimum atomic E-state index is -1.19. The van der Waals surface area contributed by atoms with Crippen molar-refractivity contribution in [3.63, 3.8) is 0 Å². The van der Waals surface area contributed by atoms with E-state index in [2.05, 4.69) is 15.6 Å². The van der Waals surface area contributed by atoms with Crippen LogP contribution < -0.4 is 22.1 Å².